The van der Waals surface area contributed by atoms with Crippen molar-refractivity contribution in [3.63, 3.8) is 0 Å². The number of hydrogen-bond donors (Lipinski definition) is 2. The second-order valence-corrected chi connectivity index (χ2v) is 8.19. The maximum absolute atomic E-state index is 12.4. The summed E-state index contributed by atoms with van der Waals surface area (Å²) < 4.78 is 27.2. The van der Waals surface area contributed by atoms with E-state index in [4.69, 9.17) is 11.6 Å². The molecule has 0 saturated heterocycles. The van der Waals surface area contributed by atoms with Crippen LogP contribution in [0.1, 0.15) is 18.7 Å². The Morgan fingerprint density at radius 2 is 2.00 bits per heavy atom. The number of nitrogens with zero attached hydrogens (tertiary/aromatic N) is 2. The Morgan fingerprint density at radius 1 is 1.16 bits per heavy atom. The Bertz CT molecular complexity index is 948. The first-order valence-electron chi connectivity index (χ1n) is 7.35. The van der Waals surface area contributed by atoms with E-state index in [0.717, 1.165) is 5.69 Å². The Labute approximate surface area is 155 Å². The maximum atomic E-state index is 12.4. The summed E-state index contributed by atoms with van der Waals surface area (Å²) >= 11 is 7.46. The fourth-order valence-corrected chi connectivity index (χ4v) is 4.28. The summed E-state index contributed by atoms with van der Waals surface area (Å²) in [5.74, 6) is 0. The highest BCUT2D eigenvalue weighted by Gasteiger charge is 2.18. The van der Waals surface area contributed by atoms with Crippen LogP contribution in [0.5, 0.6) is 0 Å². The second-order valence-electron chi connectivity index (χ2n) is 5.21. The lowest BCUT2D eigenvalue weighted by molar-refractivity contribution is 0.601. The first-order valence-corrected chi connectivity index (χ1v) is 10.1. The summed E-state index contributed by atoms with van der Waals surface area (Å²) in [6.45, 7) is 1.95. The monoisotopic (exact) mass is 394 g/mol. The molecule has 2 aromatic heterocycles. The van der Waals surface area contributed by atoms with Crippen molar-refractivity contribution < 1.29 is 8.42 Å². The Morgan fingerprint density at radius 3 is 2.64 bits per heavy atom. The Kier molecular flexibility index (Phi) is 5.22. The van der Waals surface area contributed by atoms with E-state index in [0.29, 0.717) is 15.8 Å². The molecule has 3 rings (SSSR count). The summed E-state index contributed by atoms with van der Waals surface area (Å²) in [5.41, 5.74) is 1.49. The van der Waals surface area contributed by atoms with Gasteiger partial charge in [-0.2, -0.15) is 0 Å². The van der Waals surface area contributed by atoms with Crippen LogP contribution >= 0.6 is 22.9 Å². The van der Waals surface area contributed by atoms with Gasteiger partial charge in [0, 0.05) is 17.8 Å². The molecule has 0 bridgehead atoms. The van der Waals surface area contributed by atoms with Crippen LogP contribution in [0.25, 0.3) is 0 Å². The number of sulfonamides is 1. The van der Waals surface area contributed by atoms with Gasteiger partial charge in [-0.1, -0.05) is 17.7 Å². The summed E-state index contributed by atoms with van der Waals surface area (Å²) in [5, 5.41) is 5.54. The second kappa shape index (κ2) is 7.38. The molecule has 0 spiro atoms. The van der Waals surface area contributed by atoms with Crippen molar-refractivity contribution in [1.82, 2.24) is 9.97 Å². The zero-order valence-electron chi connectivity index (χ0n) is 13.2. The molecule has 0 aliphatic rings. The molecule has 130 valence electrons. The molecule has 0 fully saturated rings. The third-order valence-electron chi connectivity index (χ3n) is 3.41. The molecule has 1 aromatic carbocycles. The van der Waals surface area contributed by atoms with Gasteiger partial charge in [0.05, 0.1) is 27.3 Å². The molecule has 0 aliphatic heterocycles. The molecular formula is C16H15ClN4O2S2. The molecule has 6 nitrogen and oxygen atoms in total. The maximum Gasteiger partial charge on any atom is 0.263 e. The third-order valence-corrected chi connectivity index (χ3v) is 5.88. The van der Waals surface area contributed by atoms with E-state index in [9.17, 15) is 8.42 Å². The van der Waals surface area contributed by atoms with E-state index < -0.39 is 10.0 Å². The third kappa shape index (κ3) is 4.28. The smallest absolute Gasteiger partial charge is 0.263 e. The predicted octanol–water partition coefficient (Wildman–Crippen LogP) is 4.17. The molecule has 9 heteroatoms. The topological polar surface area (TPSA) is 84.0 Å². The molecule has 0 unspecified atom stereocenters. The number of pyridine rings is 1. The molecule has 0 amide bonds. The Hall–Kier alpha value is -2.16. The number of halogens is 1. The van der Waals surface area contributed by atoms with E-state index >= 15 is 0 Å². The van der Waals surface area contributed by atoms with Gasteiger partial charge >= 0.3 is 0 Å². The van der Waals surface area contributed by atoms with Gasteiger partial charge in [-0.25, -0.2) is 13.4 Å². The van der Waals surface area contributed by atoms with E-state index in [1.54, 1.807) is 17.6 Å². The number of thiazole rings is 1. The number of hydrogen-bond acceptors (Lipinski definition) is 6. The average molecular weight is 395 g/mol. The molecule has 3 aromatic rings. The van der Waals surface area contributed by atoms with Gasteiger partial charge in [0.25, 0.3) is 10.0 Å². The first kappa shape index (κ1) is 17.7. The highest BCUT2D eigenvalue weighted by Crippen LogP contribution is 2.29. The summed E-state index contributed by atoms with van der Waals surface area (Å²) in [7, 11) is -3.73. The van der Waals surface area contributed by atoms with E-state index in [2.05, 4.69) is 20.0 Å². The van der Waals surface area contributed by atoms with Crippen LogP contribution in [0.2, 0.25) is 5.02 Å². The number of anilines is 2. The van der Waals surface area contributed by atoms with E-state index in [1.165, 1.54) is 29.7 Å². The van der Waals surface area contributed by atoms with Gasteiger partial charge in [-0.15, -0.1) is 11.3 Å². The van der Waals surface area contributed by atoms with Crippen molar-refractivity contribution in [2.24, 2.45) is 0 Å². The largest absolute Gasteiger partial charge is 0.376 e. The minimum Gasteiger partial charge on any atom is -0.376 e. The first-order chi connectivity index (χ1) is 12.0. The van der Waals surface area contributed by atoms with Gasteiger partial charge in [-0.3, -0.25) is 9.71 Å². The van der Waals surface area contributed by atoms with Gasteiger partial charge < -0.3 is 5.32 Å². The fraction of sp³-hybridized carbons (Fsp3) is 0.125. The lowest BCUT2D eigenvalue weighted by Gasteiger charge is -2.16. The van der Waals surface area contributed by atoms with E-state index in [-0.39, 0.29) is 10.9 Å². The number of nitrogens with one attached hydrogen (secondary N) is 2. The predicted molar refractivity (Wildman–Crippen MR) is 101 cm³/mol. The summed E-state index contributed by atoms with van der Waals surface area (Å²) in [4.78, 5) is 8.27. The van der Waals surface area contributed by atoms with Gasteiger partial charge in [0.15, 0.2) is 5.13 Å². The molecule has 0 aliphatic carbocycles. The minimum absolute atomic E-state index is 0.0729. The number of benzene rings is 1. The van der Waals surface area contributed by atoms with E-state index in [1.807, 2.05) is 25.1 Å². The fourth-order valence-electron chi connectivity index (χ4n) is 2.17. The molecule has 25 heavy (non-hydrogen) atoms. The van der Waals surface area contributed by atoms with Gasteiger partial charge in [0.1, 0.15) is 0 Å². The van der Waals surface area contributed by atoms with Crippen molar-refractivity contribution in [3.8, 4) is 0 Å². The lowest BCUT2D eigenvalue weighted by Crippen LogP contribution is -2.13. The highest BCUT2D eigenvalue weighted by molar-refractivity contribution is 7.93. The number of rotatable bonds is 6. The molecular weight excluding hydrogens is 380 g/mol. The van der Waals surface area contributed by atoms with Crippen LogP contribution in [0.15, 0.2) is 59.1 Å². The van der Waals surface area contributed by atoms with Crippen molar-refractivity contribution in [3.05, 3.63) is 64.9 Å². The van der Waals surface area contributed by atoms with Crippen LogP contribution in [0.3, 0.4) is 0 Å². The van der Waals surface area contributed by atoms with Crippen LogP contribution in [-0.4, -0.2) is 18.4 Å². The van der Waals surface area contributed by atoms with Crippen LogP contribution < -0.4 is 10.0 Å². The highest BCUT2D eigenvalue weighted by atomic mass is 35.5. The Balaban J connectivity index is 1.79. The molecule has 0 radical (unpaired) electrons. The van der Waals surface area contributed by atoms with Crippen LogP contribution in [0, 0.1) is 0 Å². The van der Waals surface area contributed by atoms with Crippen molar-refractivity contribution in [2.45, 2.75) is 17.9 Å². The zero-order chi connectivity index (χ0) is 17.9. The number of aromatic nitrogens is 2. The normalized spacial score (nSPS) is 12.6. The van der Waals surface area contributed by atoms with Crippen molar-refractivity contribution >= 4 is 43.8 Å². The molecule has 1 atom stereocenters. The van der Waals surface area contributed by atoms with Crippen molar-refractivity contribution in [2.75, 3.05) is 10.0 Å². The lowest BCUT2D eigenvalue weighted by atomic mass is 10.2. The SMILES string of the molecule is C[C@H](Nc1ccc(S(=O)(=O)Nc2nccs2)cc1Cl)c1ccccn1. The molecule has 2 heterocycles. The van der Waals surface area contributed by atoms with Gasteiger partial charge in [0.2, 0.25) is 0 Å². The summed E-state index contributed by atoms with van der Waals surface area (Å²) in [6, 6.07) is 10.1. The quantitative estimate of drug-likeness (QED) is 0.655. The zero-order valence-corrected chi connectivity index (χ0v) is 15.6. The van der Waals surface area contributed by atoms with Crippen LogP contribution in [-0.2, 0) is 10.0 Å². The molecule has 2 N–H and O–H groups in total. The van der Waals surface area contributed by atoms with Gasteiger partial charge in [-0.05, 0) is 37.3 Å². The molecule has 0 saturated carbocycles. The standard InChI is InChI=1S/C16H15ClN4O2S2/c1-11(14-4-2-3-7-18-14)20-15-6-5-12(10-13(15)17)25(22,23)21-16-19-8-9-24-16/h2-11,20H,1H3,(H,19,21)/t11-/m0/s1. The summed E-state index contributed by atoms with van der Waals surface area (Å²) in [6.07, 6.45) is 3.25. The minimum atomic E-state index is -3.73. The van der Waals surface area contributed by atoms with Crippen molar-refractivity contribution in [1.29, 1.82) is 0 Å². The van der Waals surface area contributed by atoms with Crippen LogP contribution in [0.4, 0.5) is 10.8 Å². The average Bonchev–Trinajstić information content (AvgIpc) is 3.09.